The molecule has 2 aromatic carbocycles. The van der Waals surface area contributed by atoms with E-state index in [9.17, 15) is 4.79 Å². The van der Waals surface area contributed by atoms with E-state index in [-0.39, 0.29) is 11.9 Å². The van der Waals surface area contributed by atoms with Crippen molar-refractivity contribution in [3.63, 3.8) is 0 Å². The molecule has 0 unspecified atom stereocenters. The molecule has 0 spiro atoms. The fourth-order valence-electron chi connectivity index (χ4n) is 2.99. The minimum atomic E-state index is -0.485. The normalized spacial score (nSPS) is 13.2. The Morgan fingerprint density at radius 2 is 1.76 bits per heavy atom. The molecule has 0 aromatic heterocycles. The molecule has 0 aliphatic heterocycles. The molecule has 2 aromatic rings. The maximum absolute atomic E-state index is 12.6. The molecule has 1 amide bonds. The lowest BCUT2D eigenvalue weighted by Crippen LogP contribution is -2.39. The zero-order chi connectivity index (χ0) is 18.4. The summed E-state index contributed by atoms with van der Waals surface area (Å²) in [5, 5.41) is 3.09. The summed E-state index contributed by atoms with van der Waals surface area (Å²) >= 11 is 0. The van der Waals surface area contributed by atoms with Gasteiger partial charge in [0.2, 0.25) is 0 Å². The van der Waals surface area contributed by atoms with E-state index in [1.54, 1.807) is 0 Å². The molecule has 25 heavy (non-hydrogen) atoms. The molecular weight excluding hydrogens is 310 g/mol. The summed E-state index contributed by atoms with van der Waals surface area (Å²) in [7, 11) is 0. The molecule has 0 fully saturated rings. The zero-order valence-corrected chi connectivity index (χ0v) is 15.9. The van der Waals surface area contributed by atoms with Crippen molar-refractivity contribution in [3.05, 3.63) is 64.7 Å². The second-order valence-corrected chi connectivity index (χ2v) is 6.60. The number of ether oxygens (including phenoxy) is 1. The van der Waals surface area contributed by atoms with E-state index >= 15 is 0 Å². The predicted molar refractivity (Wildman–Crippen MR) is 103 cm³/mol. The molecule has 0 bridgehead atoms. The molecule has 3 heteroatoms. The Balaban J connectivity index is 2.03. The first-order valence-corrected chi connectivity index (χ1v) is 9.07. The minimum absolute atomic E-state index is 0.0479. The Hall–Kier alpha value is -2.29. The molecule has 0 heterocycles. The first-order chi connectivity index (χ1) is 11.9. The number of benzene rings is 2. The first-order valence-electron chi connectivity index (χ1n) is 9.07. The molecule has 0 aliphatic rings. The van der Waals surface area contributed by atoms with Crippen molar-refractivity contribution in [2.24, 2.45) is 0 Å². The van der Waals surface area contributed by atoms with Crippen LogP contribution in [0.5, 0.6) is 5.75 Å². The Kier molecular flexibility index (Phi) is 6.63. The standard InChI is InChI=1S/C22H29NO2/c1-6-18-9-11-19(12-10-18)25-21(7-2)22(24)23-17(5)20-13-8-15(3)14-16(20)4/h8-14,17,21H,6-7H2,1-5H3,(H,23,24)/t17-,21-/m1/s1. The molecular formula is C22H29NO2. The van der Waals surface area contributed by atoms with Crippen molar-refractivity contribution < 1.29 is 9.53 Å². The van der Waals surface area contributed by atoms with Crippen molar-refractivity contribution >= 4 is 5.91 Å². The number of hydrogen-bond acceptors (Lipinski definition) is 2. The van der Waals surface area contributed by atoms with E-state index < -0.39 is 6.10 Å². The van der Waals surface area contributed by atoms with Crippen LogP contribution in [0.3, 0.4) is 0 Å². The van der Waals surface area contributed by atoms with Crippen molar-refractivity contribution in [2.45, 2.75) is 59.6 Å². The smallest absolute Gasteiger partial charge is 0.261 e. The predicted octanol–water partition coefficient (Wildman–Crippen LogP) is 4.90. The van der Waals surface area contributed by atoms with Crippen molar-refractivity contribution in [3.8, 4) is 5.75 Å². The number of aryl methyl sites for hydroxylation is 3. The van der Waals surface area contributed by atoms with Gasteiger partial charge >= 0.3 is 0 Å². The van der Waals surface area contributed by atoms with Gasteiger partial charge in [0, 0.05) is 0 Å². The van der Waals surface area contributed by atoms with Gasteiger partial charge in [0.05, 0.1) is 6.04 Å². The van der Waals surface area contributed by atoms with Crippen LogP contribution in [0.2, 0.25) is 0 Å². The average molecular weight is 339 g/mol. The van der Waals surface area contributed by atoms with E-state index in [0.717, 1.165) is 17.7 Å². The molecule has 0 saturated carbocycles. The van der Waals surface area contributed by atoms with Crippen LogP contribution in [0.4, 0.5) is 0 Å². The number of rotatable bonds is 7. The maximum Gasteiger partial charge on any atom is 0.261 e. The molecule has 0 aliphatic carbocycles. The van der Waals surface area contributed by atoms with Crippen LogP contribution >= 0.6 is 0 Å². The average Bonchev–Trinajstić information content (AvgIpc) is 2.59. The van der Waals surface area contributed by atoms with Gasteiger partial charge in [-0.1, -0.05) is 49.7 Å². The Bertz CT molecular complexity index is 706. The van der Waals surface area contributed by atoms with Gasteiger partial charge in [-0.25, -0.2) is 0 Å². The Morgan fingerprint density at radius 3 is 2.32 bits per heavy atom. The van der Waals surface area contributed by atoms with Crippen molar-refractivity contribution in [2.75, 3.05) is 0 Å². The van der Waals surface area contributed by atoms with Gasteiger partial charge < -0.3 is 10.1 Å². The number of hydrogen-bond donors (Lipinski definition) is 1. The fraction of sp³-hybridized carbons (Fsp3) is 0.409. The third-order valence-corrected chi connectivity index (χ3v) is 4.52. The van der Waals surface area contributed by atoms with Gasteiger partial charge in [-0.2, -0.15) is 0 Å². The van der Waals surface area contributed by atoms with Gasteiger partial charge in [-0.15, -0.1) is 0 Å². The summed E-state index contributed by atoms with van der Waals surface area (Å²) in [6.45, 7) is 10.2. The summed E-state index contributed by atoms with van der Waals surface area (Å²) in [6, 6.07) is 14.2. The van der Waals surface area contributed by atoms with E-state index in [4.69, 9.17) is 4.74 Å². The van der Waals surface area contributed by atoms with Gasteiger partial charge in [-0.3, -0.25) is 4.79 Å². The largest absolute Gasteiger partial charge is 0.481 e. The zero-order valence-electron chi connectivity index (χ0n) is 15.9. The van der Waals surface area contributed by atoms with Crippen LogP contribution in [0.1, 0.15) is 55.5 Å². The van der Waals surface area contributed by atoms with Crippen LogP contribution in [-0.2, 0) is 11.2 Å². The van der Waals surface area contributed by atoms with Gasteiger partial charge in [0.15, 0.2) is 6.10 Å². The summed E-state index contributed by atoms with van der Waals surface area (Å²) in [6.07, 6.45) is 1.13. The van der Waals surface area contributed by atoms with Crippen LogP contribution in [0, 0.1) is 13.8 Å². The lowest BCUT2D eigenvalue weighted by Gasteiger charge is -2.22. The monoisotopic (exact) mass is 339 g/mol. The molecule has 134 valence electrons. The summed E-state index contributed by atoms with van der Waals surface area (Å²) in [5.74, 6) is 0.660. The molecule has 2 atom stereocenters. The summed E-state index contributed by atoms with van der Waals surface area (Å²) in [5.41, 5.74) is 4.82. The van der Waals surface area contributed by atoms with Crippen LogP contribution in [0.15, 0.2) is 42.5 Å². The highest BCUT2D eigenvalue weighted by atomic mass is 16.5. The van der Waals surface area contributed by atoms with Crippen LogP contribution < -0.4 is 10.1 Å². The maximum atomic E-state index is 12.6. The Labute approximate surface area is 151 Å². The second kappa shape index (κ2) is 8.70. The minimum Gasteiger partial charge on any atom is -0.481 e. The van der Waals surface area contributed by atoms with Gasteiger partial charge in [0.1, 0.15) is 5.75 Å². The highest BCUT2D eigenvalue weighted by Gasteiger charge is 2.21. The highest BCUT2D eigenvalue weighted by molar-refractivity contribution is 5.81. The van der Waals surface area contributed by atoms with Crippen LogP contribution in [-0.4, -0.2) is 12.0 Å². The number of carbonyl (C=O) groups excluding carboxylic acids is 1. The molecule has 0 radical (unpaired) electrons. The lowest BCUT2D eigenvalue weighted by atomic mass is 10.00. The summed E-state index contributed by atoms with van der Waals surface area (Å²) in [4.78, 5) is 12.6. The second-order valence-electron chi connectivity index (χ2n) is 6.60. The van der Waals surface area contributed by atoms with E-state index in [2.05, 4.69) is 44.3 Å². The number of carbonyl (C=O) groups is 1. The fourth-order valence-corrected chi connectivity index (χ4v) is 2.99. The number of nitrogens with one attached hydrogen (secondary N) is 1. The Morgan fingerprint density at radius 1 is 1.08 bits per heavy atom. The van der Waals surface area contributed by atoms with Crippen LogP contribution in [0.25, 0.3) is 0 Å². The molecule has 1 N–H and O–H groups in total. The van der Waals surface area contributed by atoms with E-state index in [0.29, 0.717) is 6.42 Å². The third-order valence-electron chi connectivity index (χ3n) is 4.52. The first kappa shape index (κ1) is 19.0. The third kappa shape index (κ3) is 5.09. The number of amides is 1. The highest BCUT2D eigenvalue weighted by Crippen LogP contribution is 2.20. The molecule has 2 rings (SSSR count). The van der Waals surface area contributed by atoms with Gasteiger partial charge in [-0.05, 0) is 62.4 Å². The van der Waals surface area contributed by atoms with E-state index in [1.807, 2.05) is 38.1 Å². The van der Waals surface area contributed by atoms with Crippen molar-refractivity contribution in [1.82, 2.24) is 5.32 Å². The molecule has 0 saturated heterocycles. The van der Waals surface area contributed by atoms with E-state index in [1.165, 1.54) is 16.7 Å². The van der Waals surface area contributed by atoms with Crippen molar-refractivity contribution in [1.29, 1.82) is 0 Å². The lowest BCUT2D eigenvalue weighted by molar-refractivity contribution is -0.128. The quantitative estimate of drug-likeness (QED) is 0.779. The van der Waals surface area contributed by atoms with Gasteiger partial charge in [0.25, 0.3) is 5.91 Å². The SMILES string of the molecule is CCc1ccc(O[C@H](CC)C(=O)N[C@H](C)c2ccc(C)cc2C)cc1. The topological polar surface area (TPSA) is 38.3 Å². The molecule has 3 nitrogen and oxygen atoms in total. The summed E-state index contributed by atoms with van der Waals surface area (Å²) < 4.78 is 5.90.